The molecule has 2 unspecified atom stereocenters. The predicted molar refractivity (Wildman–Crippen MR) is 85.0 cm³/mol. The second-order valence-corrected chi connectivity index (χ2v) is 8.03. The predicted octanol–water partition coefficient (Wildman–Crippen LogP) is 1.78. The smallest absolute Gasteiger partial charge is 0.347 e. The number of carbonyl (C=O) groups is 2. The van der Waals surface area contributed by atoms with Gasteiger partial charge in [0.2, 0.25) is 0 Å². The van der Waals surface area contributed by atoms with Crippen LogP contribution in [-0.2, 0) is 23.2 Å². The summed E-state index contributed by atoms with van der Waals surface area (Å²) in [7, 11) is -2.40. The molecule has 23 heavy (non-hydrogen) atoms. The highest BCUT2D eigenvalue weighted by Crippen LogP contribution is 2.53. The van der Waals surface area contributed by atoms with Crippen LogP contribution in [-0.4, -0.2) is 53.5 Å². The molecule has 0 aromatic heterocycles. The average Bonchev–Trinajstić information content (AvgIpc) is 3.01. The van der Waals surface area contributed by atoms with Gasteiger partial charge in [-0.25, -0.2) is 4.79 Å². The summed E-state index contributed by atoms with van der Waals surface area (Å²) in [4.78, 5) is 24.8. The molecule has 1 fully saturated rings. The maximum atomic E-state index is 12.7. The molecule has 134 valence electrons. The van der Waals surface area contributed by atoms with E-state index >= 15 is 0 Å². The van der Waals surface area contributed by atoms with Gasteiger partial charge in [-0.1, -0.05) is 19.8 Å². The second kappa shape index (κ2) is 8.78. The maximum absolute atomic E-state index is 12.7. The van der Waals surface area contributed by atoms with Gasteiger partial charge in [0.1, 0.15) is 17.9 Å². The van der Waals surface area contributed by atoms with Crippen LogP contribution in [0.25, 0.3) is 0 Å². The Morgan fingerprint density at radius 3 is 2.65 bits per heavy atom. The van der Waals surface area contributed by atoms with Gasteiger partial charge in [0.15, 0.2) is 0 Å². The van der Waals surface area contributed by atoms with E-state index in [-0.39, 0.29) is 0 Å². The lowest BCUT2D eigenvalue weighted by molar-refractivity contribution is -0.151. The maximum Gasteiger partial charge on any atom is 0.347 e. The third-order valence-corrected chi connectivity index (χ3v) is 6.18. The van der Waals surface area contributed by atoms with Crippen LogP contribution in [0, 0.1) is 0 Å². The number of hydrogen-bond acceptors (Lipinski definition) is 6. The molecule has 8 nitrogen and oxygen atoms in total. The Kier molecular flexibility index (Phi) is 7.67. The molecular formula is C14H27N2O6P. The zero-order valence-electron chi connectivity index (χ0n) is 13.9. The van der Waals surface area contributed by atoms with Gasteiger partial charge in [-0.05, 0) is 26.2 Å². The number of carboxylic acid groups (broad SMARTS) is 1. The lowest BCUT2D eigenvalue weighted by Crippen LogP contribution is -2.45. The fourth-order valence-electron chi connectivity index (χ4n) is 2.61. The fraction of sp³-hybridized carbons (Fsp3) is 0.857. The highest BCUT2D eigenvalue weighted by Gasteiger charge is 2.40. The summed E-state index contributed by atoms with van der Waals surface area (Å²) in [5.74, 6) is -2.36. The number of nitrogens with zero attached hydrogens (tertiary/aromatic N) is 1. The Morgan fingerprint density at radius 1 is 1.48 bits per heavy atom. The van der Waals surface area contributed by atoms with Gasteiger partial charge in [0.05, 0.1) is 0 Å². The van der Waals surface area contributed by atoms with Crippen molar-refractivity contribution in [2.75, 3.05) is 13.7 Å². The molecule has 0 aliphatic carbocycles. The van der Waals surface area contributed by atoms with Crippen LogP contribution in [0.4, 0.5) is 0 Å². The van der Waals surface area contributed by atoms with Gasteiger partial charge in [0, 0.05) is 13.7 Å². The van der Waals surface area contributed by atoms with Crippen LogP contribution in [0.1, 0.15) is 46.0 Å². The summed E-state index contributed by atoms with van der Waals surface area (Å²) in [6.45, 7) is 3.78. The number of likely N-dealkylation sites (tertiary alicyclic amines) is 1. The highest BCUT2D eigenvalue weighted by molar-refractivity contribution is 7.54. The van der Waals surface area contributed by atoms with Crippen LogP contribution in [0.3, 0.4) is 0 Å². The Bertz CT molecular complexity index is 472. The molecule has 1 amide bonds. The highest BCUT2D eigenvalue weighted by atomic mass is 31.2. The summed E-state index contributed by atoms with van der Waals surface area (Å²) in [5.41, 5.74) is 5.89. The summed E-state index contributed by atoms with van der Waals surface area (Å²) >= 11 is 0. The molecule has 0 spiro atoms. The third kappa shape index (κ3) is 5.01. The Balaban J connectivity index is 2.75. The van der Waals surface area contributed by atoms with E-state index in [0.29, 0.717) is 25.8 Å². The number of amides is 1. The monoisotopic (exact) mass is 350 g/mol. The number of unbranched alkanes of at least 4 members (excludes halogenated alkanes) is 1. The number of hydrogen-bond donors (Lipinski definition) is 2. The number of aliphatic carboxylic acids is 1. The van der Waals surface area contributed by atoms with Crippen LogP contribution < -0.4 is 5.73 Å². The normalized spacial score (nSPS) is 23.3. The van der Waals surface area contributed by atoms with Crippen LogP contribution in [0.5, 0.6) is 0 Å². The van der Waals surface area contributed by atoms with Crippen molar-refractivity contribution in [1.29, 1.82) is 0 Å². The van der Waals surface area contributed by atoms with Crippen molar-refractivity contribution in [1.82, 2.24) is 4.90 Å². The SMILES string of the molecule is CCCCC(N)P(=O)(OC)O[C@@H](C)C(=O)N1CCC[C@H]1C(=O)O. The van der Waals surface area contributed by atoms with Crippen molar-refractivity contribution in [3.05, 3.63) is 0 Å². The molecule has 9 heteroatoms. The molecule has 0 aromatic rings. The molecule has 0 saturated carbocycles. The first-order chi connectivity index (χ1) is 10.8. The van der Waals surface area contributed by atoms with Crippen molar-refractivity contribution in [2.45, 2.75) is 63.9 Å². The fourth-order valence-corrected chi connectivity index (χ4v) is 4.16. The Morgan fingerprint density at radius 2 is 2.13 bits per heavy atom. The molecule has 4 atom stereocenters. The van der Waals surface area contributed by atoms with Crippen molar-refractivity contribution in [3.63, 3.8) is 0 Å². The zero-order chi connectivity index (χ0) is 17.6. The molecule has 0 aromatic carbocycles. The number of rotatable bonds is 9. The summed E-state index contributed by atoms with van der Waals surface area (Å²) < 4.78 is 23.0. The quantitative estimate of drug-likeness (QED) is 0.608. The molecule has 1 aliphatic rings. The topological polar surface area (TPSA) is 119 Å². The lowest BCUT2D eigenvalue weighted by Gasteiger charge is -2.29. The van der Waals surface area contributed by atoms with E-state index in [1.54, 1.807) is 0 Å². The van der Waals surface area contributed by atoms with Crippen LogP contribution >= 0.6 is 7.60 Å². The first-order valence-electron chi connectivity index (χ1n) is 7.89. The van der Waals surface area contributed by atoms with Gasteiger partial charge in [-0.15, -0.1) is 0 Å². The van der Waals surface area contributed by atoms with Gasteiger partial charge in [-0.3, -0.25) is 13.9 Å². The molecule has 0 bridgehead atoms. The molecular weight excluding hydrogens is 323 g/mol. The van der Waals surface area contributed by atoms with Crippen molar-refractivity contribution >= 4 is 19.5 Å². The van der Waals surface area contributed by atoms with Gasteiger partial charge >= 0.3 is 13.6 Å². The molecule has 1 aliphatic heterocycles. The minimum Gasteiger partial charge on any atom is -0.480 e. The lowest BCUT2D eigenvalue weighted by atomic mass is 10.2. The summed E-state index contributed by atoms with van der Waals surface area (Å²) in [5, 5.41) is 9.14. The van der Waals surface area contributed by atoms with E-state index in [4.69, 9.17) is 19.9 Å². The van der Waals surface area contributed by atoms with E-state index < -0.39 is 37.4 Å². The van der Waals surface area contributed by atoms with E-state index in [9.17, 15) is 14.2 Å². The molecule has 1 saturated heterocycles. The molecule has 3 N–H and O–H groups in total. The largest absolute Gasteiger partial charge is 0.480 e. The van der Waals surface area contributed by atoms with Gasteiger partial charge in [-0.2, -0.15) is 0 Å². The van der Waals surface area contributed by atoms with Gasteiger partial charge < -0.3 is 20.3 Å². The zero-order valence-corrected chi connectivity index (χ0v) is 14.8. The summed E-state index contributed by atoms with van der Waals surface area (Å²) in [6.07, 6.45) is 2.07. The Hall–Kier alpha value is -0.950. The standard InChI is InChI=1S/C14H27N2O6P/c1-4-5-8-12(15)23(20,21-3)22-10(2)13(17)16-9-6-7-11(16)14(18)19/h10-12H,4-9,15H2,1-3H3,(H,18,19)/t10-,11-,12?,23?/m0/s1. The first-order valence-corrected chi connectivity index (χ1v) is 9.50. The number of nitrogens with two attached hydrogens (primary N) is 1. The van der Waals surface area contributed by atoms with Gasteiger partial charge in [0.25, 0.3) is 5.91 Å². The van der Waals surface area contributed by atoms with Crippen molar-refractivity contribution in [2.24, 2.45) is 5.73 Å². The minimum absolute atomic E-state index is 0.350. The van der Waals surface area contributed by atoms with Crippen molar-refractivity contribution < 1.29 is 28.3 Å². The first kappa shape index (κ1) is 20.1. The number of carbonyl (C=O) groups excluding carboxylic acids is 1. The molecule has 1 rings (SSSR count). The van der Waals surface area contributed by atoms with E-state index in [1.165, 1.54) is 18.9 Å². The van der Waals surface area contributed by atoms with Crippen LogP contribution in [0.2, 0.25) is 0 Å². The second-order valence-electron chi connectivity index (χ2n) is 5.71. The van der Waals surface area contributed by atoms with Crippen molar-refractivity contribution in [3.8, 4) is 0 Å². The minimum atomic E-state index is -3.63. The molecule has 0 radical (unpaired) electrons. The van der Waals surface area contributed by atoms with E-state index in [1.807, 2.05) is 6.92 Å². The van der Waals surface area contributed by atoms with E-state index in [2.05, 4.69) is 0 Å². The Labute approximate surface area is 136 Å². The summed E-state index contributed by atoms with van der Waals surface area (Å²) in [6, 6.07) is -0.857. The van der Waals surface area contributed by atoms with Crippen LogP contribution in [0.15, 0.2) is 0 Å². The number of carboxylic acids is 1. The average molecular weight is 350 g/mol. The van der Waals surface area contributed by atoms with E-state index in [0.717, 1.165) is 12.8 Å². The molecule has 1 heterocycles. The third-order valence-electron chi connectivity index (χ3n) is 3.99.